The molecule has 30 heavy (non-hydrogen) atoms. The lowest BCUT2D eigenvalue weighted by atomic mass is 10.0. The molecule has 2 amide bonds. The molecule has 1 aliphatic heterocycles. The summed E-state index contributed by atoms with van der Waals surface area (Å²) < 4.78 is 0. The van der Waals surface area contributed by atoms with Gasteiger partial charge in [0.2, 0.25) is 0 Å². The van der Waals surface area contributed by atoms with Gasteiger partial charge in [-0.15, -0.1) is 0 Å². The first-order valence-electron chi connectivity index (χ1n) is 9.84. The van der Waals surface area contributed by atoms with E-state index in [-0.39, 0.29) is 17.9 Å². The molecule has 0 radical (unpaired) electrons. The van der Waals surface area contributed by atoms with E-state index in [9.17, 15) is 9.59 Å². The minimum atomic E-state index is -0.301. The molecular weight excluding hydrogens is 398 g/mol. The fourth-order valence-electron chi connectivity index (χ4n) is 3.27. The number of carbonyl (C=O) groups excluding carboxylic acids is 2. The van der Waals surface area contributed by atoms with Crippen LogP contribution in [-0.2, 0) is 0 Å². The van der Waals surface area contributed by atoms with Crippen LogP contribution in [0.15, 0.2) is 60.8 Å². The van der Waals surface area contributed by atoms with Gasteiger partial charge in [0, 0.05) is 40.6 Å². The van der Waals surface area contributed by atoms with Crippen LogP contribution in [-0.4, -0.2) is 35.8 Å². The van der Waals surface area contributed by atoms with E-state index in [1.165, 1.54) is 0 Å². The number of halogens is 1. The Morgan fingerprint density at radius 3 is 2.40 bits per heavy atom. The van der Waals surface area contributed by atoms with Crippen molar-refractivity contribution in [2.24, 2.45) is 0 Å². The van der Waals surface area contributed by atoms with E-state index in [1.807, 2.05) is 45.1 Å². The topological polar surface area (TPSA) is 61.4 Å². The molecule has 0 aromatic heterocycles. The number of nitrogens with one attached hydrogen (secondary N) is 2. The van der Waals surface area contributed by atoms with Crippen molar-refractivity contribution >= 4 is 29.1 Å². The normalized spacial score (nSPS) is 13.8. The van der Waals surface area contributed by atoms with Crippen LogP contribution in [0.3, 0.4) is 0 Å². The molecule has 3 rings (SSSR count). The molecule has 5 nitrogen and oxygen atoms in total. The molecule has 1 heterocycles. The third kappa shape index (κ3) is 4.92. The highest BCUT2D eigenvalue weighted by Crippen LogP contribution is 2.21. The average molecular weight is 424 g/mol. The minimum Gasteiger partial charge on any atom is -0.357 e. The lowest BCUT2D eigenvalue weighted by molar-refractivity contribution is 0.0798. The third-order valence-electron chi connectivity index (χ3n) is 5.18. The van der Waals surface area contributed by atoms with Crippen LogP contribution in [0.25, 0.3) is 0 Å². The highest BCUT2D eigenvalue weighted by Gasteiger charge is 2.20. The van der Waals surface area contributed by atoms with Crippen LogP contribution < -0.4 is 10.6 Å². The molecule has 2 aromatic rings. The van der Waals surface area contributed by atoms with Crippen molar-refractivity contribution in [1.29, 1.82) is 0 Å². The van der Waals surface area contributed by atoms with Crippen LogP contribution >= 0.6 is 11.6 Å². The van der Waals surface area contributed by atoms with E-state index in [1.54, 1.807) is 29.2 Å². The van der Waals surface area contributed by atoms with E-state index < -0.39 is 0 Å². The first-order valence-corrected chi connectivity index (χ1v) is 10.2. The Morgan fingerprint density at radius 1 is 1.07 bits per heavy atom. The maximum absolute atomic E-state index is 12.7. The van der Waals surface area contributed by atoms with Crippen molar-refractivity contribution in [3.05, 3.63) is 88.1 Å². The van der Waals surface area contributed by atoms with Crippen LogP contribution in [0.2, 0.25) is 5.02 Å². The monoisotopic (exact) mass is 423 g/mol. The molecule has 6 heteroatoms. The second-order valence-corrected chi connectivity index (χ2v) is 7.95. The summed E-state index contributed by atoms with van der Waals surface area (Å²) >= 11 is 6.00. The lowest BCUT2D eigenvalue weighted by Gasteiger charge is -2.20. The Labute approximate surface area is 182 Å². The van der Waals surface area contributed by atoms with Gasteiger partial charge in [-0.1, -0.05) is 30.3 Å². The number of benzene rings is 2. The SMILES string of the molecule is C=C(Nc1ccc(Cl)cc1C)C(C)NC(=O)c1ccc(C(=O)N2CC=CC2)c(C)c1. The number of hydrogen-bond acceptors (Lipinski definition) is 3. The van der Waals surface area contributed by atoms with E-state index in [2.05, 4.69) is 17.2 Å². The van der Waals surface area contributed by atoms with E-state index in [4.69, 9.17) is 11.6 Å². The standard InChI is InChI=1S/C24H26ClN3O2/c1-15-13-19(7-9-21(15)24(30)28-11-5-6-12-28)23(29)27-18(4)17(3)26-22-10-8-20(25)14-16(22)2/h5-10,13-14,18,26H,3,11-12H2,1-2,4H3,(H,27,29). The predicted octanol–water partition coefficient (Wildman–Crippen LogP) is 4.71. The number of carbonyl (C=O) groups is 2. The van der Waals surface area contributed by atoms with Gasteiger partial charge < -0.3 is 15.5 Å². The number of rotatable bonds is 6. The maximum atomic E-state index is 12.7. The van der Waals surface area contributed by atoms with Gasteiger partial charge in [-0.3, -0.25) is 9.59 Å². The van der Waals surface area contributed by atoms with Gasteiger partial charge >= 0.3 is 0 Å². The van der Waals surface area contributed by atoms with Crippen molar-refractivity contribution in [1.82, 2.24) is 10.2 Å². The van der Waals surface area contributed by atoms with Gasteiger partial charge in [0.05, 0.1) is 6.04 Å². The van der Waals surface area contributed by atoms with Crippen molar-refractivity contribution < 1.29 is 9.59 Å². The highest BCUT2D eigenvalue weighted by atomic mass is 35.5. The fourth-order valence-corrected chi connectivity index (χ4v) is 3.50. The molecule has 0 fully saturated rings. The quantitative estimate of drug-likeness (QED) is 0.661. The Hall–Kier alpha value is -3.05. The summed E-state index contributed by atoms with van der Waals surface area (Å²) in [5, 5.41) is 6.85. The Balaban J connectivity index is 1.64. The van der Waals surface area contributed by atoms with Gasteiger partial charge in [-0.2, -0.15) is 0 Å². The van der Waals surface area contributed by atoms with Gasteiger partial charge in [0.25, 0.3) is 11.8 Å². The number of aryl methyl sites for hydroxylation is 2. The van der Waals surface area contributed by atoms with E-state index >= 15 is 0 Å². The Bertz CT molecular complexity index is 1020. The predicted molar refractivity (Wildman–Crippen MR) is 122 cm³/mol. The first kappa shape index (κ1) is 21.7. The fraction of sp³-hybridized carbons (Fsp3) is 0.250. The van der Waals surface area contributed by atoms with Crippen molar-refractivity contribution in [3.63, 3.8) is 0 Å². The summed E-state index contributed by atoms with van der Waals surface area (Å²) in [6.07, 6.45) is 3.95. The summed E-state index contributed by atoms with van der Waals surface area (Å²) in [5.74, 6) is -0.239. The molecular formula is C24H26ClN3O2. The van der Waals surface area contributed by atoms with Crippen molar-refractivity contribution in [2.45, 2.75) is 26.8 Å². The zero-order valence-electron chi connectivity index (χ0n) is 17.5. The summed E-state index contributed by atoms with van der Waals surface area (Å²) in [6.45, 7) is 11.0. The molecule has 1 aliphatic rings. The lowest BCUT2D eigenvalue weighted by Crippen LogP contribution is -2.36. The molecule has 2 N–H and O–H groups in total. The Morgan fingerprint density at radius 2 is 1.77 bits per heavy atom. The summed E-state index contributed by atoms with van der Waals surface area (Å²) in [4.78, 5) is 27.1. The van der Waals surface area contributed by atoms with Gasteiger partial charge in [0.15, 0.2) is 0 Å². The van der Waals surface area contributed by atoms with Crippen molar-refractivity contribution in [3.8, 4) is 0 Å². The van der Waals surface area contributed by atoms with Crippen LogP contribution in [0.1, 0.15) is 38.8 Å². The zero-order valence-corrected chi connectivity index (χ0v) is 18.2. The van der Waals surface area contributed by atoms with Gasteiger partial charge in [-0.25, -0.2) is 0 Å². The first-order chi connectivity index (χ1) is 14.3. The number of amides is 2. The number of hydrogen-bond donors (Lipinski definition) is 2. The van der Waals surface area contributed by atoms with Crippen LogP contribution in [0.4, 0.5) is 5.69 Å². The van der Waals surface area contributed by atoms with E-state index in [0.717, 1.165) is 16.8 Å². The summed E-state index contributed by atoms with van der Waals surface area (Å²) in [5.41, 5.74) is 4.45. The molecule has 0 aliphatic carbocycles. The molecule has 1 unspecified atom stereocenters. The summed E-state index contributed by atoms with van der Waals surface area (Å²) in [7, 11) is 0. The smallest absolute Gasteiger partial charge is 0.254 e. The van der Waals surface area contributed by atoms with Gasteiger partial charge in [-0.05, 0) is 68.3 Å². The summed E-state index contributed by atoms with van der Waals surface area (Å²) in [6, 6.07) is 10.4. The molecule has 1 atom stereocenters. The van der Waals surface area contributed by atoms with Crippen LogP contribution in [0.5, 0.6) is 0 Å². The molecule has 0 bridgehead atoms. The maximum Gasteiger partial charge on any atom is 0.254 e. The molecule has 0 saturated carbocycles. The average Bonchev–Trinajstić information content (AvgIpc) is 3.24. The Kier molecular flexibility index (Phi) is 6.63. The van der Waals surface area contributed by atoms with Crippen molar-refractivity contribution in [2.75, 3.05) is 18.4 Å². The molecule has 0 spiro atoms. The second kappa shape index (κ2) is 9.18. The molecule has 2 aromatic carbocycles. The second-order valence-electron chi connectivity index (χ2n) is 7.52. The van der Waals surface area contributed by atoms with Crippen LogP contribution in [0, 0.1) is 13.8 Å². The largest absolute Gasteiger partial charge is 0.357 e. The van der Waals surface area contributed by atoms with E-state index in [0.29, 0.717) is 34.9 Å². The zero-order chi connectivity index (χ0) is 21.8. The molecule has 0 saturated heterocycles. The third-order valence-corrected chi connectivity index (χ3v) is 5.41. The van der Waals surface area contributed by atoms with Gasteiger partial charge in [0.1, 0.15) is 0 Å². The minimum absolute atomic E-state index is 0.0197. The highest BCUT2D eigenvalue weighted by molar-refractivity contribution is 6.30. The number of anilines is 1. The number of nitrogens with zero attached hydrogens (tertiary/aromatic N) is 1. The molecule has 156 valence electrons.